The molecular formula is C30H38F5N5O2. The number of carbonyl (C=O) groups is 2. The number of alkyl halides is 5. The molecule has 2 aromatic heterocycles. The Kier molecular flexibility index (Phi) is 12.2. The zero-order valence-electron chi connectivity index (χ0n) is 23.8. The lowest BCUT2D eigenvalue weighted by molar-refractivity contribution is -0.144. The van der Waals surface area contributed by atoms with Gasteiger partial charge in [-0.2, -0.15) is 18.3 Å². The second-order valence-electron chi connectivity index (χ2n) is 10.5. The average Bonchev–Trinajstić information content (AvgIpc) is 3.79. The summed E-state index contributed by atoms with van der Waals surface area (Å²) in [5, 5.41) is 9.47. The van der Waals surface area contributed by atoms with Gasteiger partial charge in [-0.3, -0.25) is 9.59 Å². The first-order valence-electron chi connectivity index (χ1n) is 14.4. The summed E-state index contributed by atoms with van der Waals surface area (Å²) in [6.45, 7) is 2.24. The summed E-state index contributed by atoms with van der Waals surface area (Å²) in [7, 11) is 0. The van der Waals surface area contributed by atoms with Gasteiger partial charge in [0.05, 0.1) is 31.1 Å². The Morgan fingerprint density at radius 1 is 0.976 bits per heavy atom. The van der Waals surface area contributed by atoms with Crippen LogP contribution >= 0.6 is 0 Å². The number of benzene rings is 1. The summed E-state index contributed by atoms with van der Waals surface area (Å²) < 4.78 is 62.5. The minimum absolute atomic E-state index is 0.0485. The Morgan fingerprint density at radius 3 is 2.24 bits per heavy atom. The van der Waals surface area contributed by atoms with Gasteiger partial charge in [0.2, 0.25) is 11.8 Å². The van der Waals surface area contributed by atoms with Crippen LogP contribution in [0.25, 0.3) is 5.65 Å². The first kappa shape index (κ1) is 32.9. The van der Waals surface area contributed by atoms with E-state index in [0.29, 0.717) is 35.3 Å². The standard InChI is InChI=1S/C21H22F3N5O2.C6H10F2.C3H6/c1-2-15-5-3-4-6-17(15)20(31)26-12-16-13-29-18(28-16)9-14(11-27-29)10-25-19(30)7-8-21(22,23)24;7-6(8)4-2-1-3-5-6;1-2-3-1/h3-6,9,11,13H,2,7-8,10,12H2,1H3,(H,25,30)(H,26,31);1-5H2;1-3H2. The number of halogens is 5. The molecule has 0 atom stereocenters. The van der Waals surface area contributed by atoms with Gasteiger partial charge in [-0.1, -0.05) is 50.8 Å². The van der Waals surface area contributed by atoms with Crippen molar-refractivity contribution in [2.45, 2.75) is 103 Å². The quantitative estimate of drug-likeness (QED) is 0.276. The van der Waals surface area contributed by atoms with Crippen LogP contribution in [-0.4, -0.2) is 38.5 Å². The van der Waals surface area contributed by atoms with Gasteiger partial charge in [0.1, 0.15) is 0 Å². The van der Waals surface area contributed by atoms with Gasteiger partial charge in [0, 0.05) is 31.4 Å². The van der Waals surface area contributed by atoms with Gasteiger partial charge in [0.15, 0.2) is 5.65 Å². The largest absolute Gasteiger partial charge is 0.389 e. The normalized spacial score (nSPS) is 15.5. The Bertz CT molecular complexity index is 1300. The molecule has 42 heavy (non-hydrogen) atoms. The van der Waals surface area contributed by atoms with E-state index in [9.17, 15) is 31.5 Å². The summed E-state index contributed by atoms with van der Waals surface area (Å²) in [6.07, 6.45) is 4.94. The number of carbonyl (C=O) groups excluding carboxylic acids is 2. The van der Waals surface area contributed by atoms with Crippen molar-refractivity contribution in [3.63, 3.8) is 0 Å². The highest BCUT2D eigenvalue weighted by atomic mass is 19.4. The molecule has 2 amide bonds. The van der Waals surface area contributed by atoms with Crippen LogP contribution in [0.3, 0.4) is 0 Å². The summed E-state index contributed by atoms with van der Waals surface area (Å²) in [6, 6.07) is 9.06. The maximum atomic E-state index is 12.5. The minimum atomic E-state index is -4.36. The van der Waals surface area contributed by atoms with E-state index in [-0.39, 0.29) is 31.8 Å². The number of hydrogen-bond acceptors (Lipinski definition) is 4. The third-order valence-electron chi connectivity index (χ3n) is 6.56. The molecule has 2 saturated carbocycles. The van der Waals surface area contributed by atoms with E-state index in [2.05, 4.69) is 20.7 Å². The van der Waals surface area contributed by atoms with Crippen LogP contribution in [0.4, 0.5) is 22.0 Å². The topological polar surface area (TPSA) is 88.4 Å². The van der Waals surface area contributed by atoms with E-state index in [1.807, 2.05) is 25.1 Å². The molecule has 2 aliphatic carbocycles. The van der Waals surface area contributed by atoms with E-state index < -0.39 is 30.8 Å². The number of nitrogens with zero attached hydrogens (tertiary/aromatic N) is 3. The molecule has 2 aliphatic rings. The third-order valence-corrected chi connectivity index (χ3v) is 6.56. The van der Waals surface area contributed by atoms with E-state index >= 15 is 0 Å². The number of nitrogens with one attached hydrogen (secondary N) is 2. The number of fused-ring (bicyclic) bond motifs is 1. The van der Waals surface area contributed by atoms with Crippen molar-refractivity contribution in [1.29, 1.82) is 0 Å². The molecule has 5 rings (SSSR count). The van der Waals surface area contributed by atoms with Crippen molar-refractivity contribution < 1.29 is 31.5 Å². The van der Waals surface area contributed by atoms with Crippen molar-refractivity contribution in [3.05, 3.63) is 65.1 Å². The fraction of sp³-hybridized carbons (Fsp3) is 0.533. The van der Waals surface area contributed by atoms with E-state index in [1.165, 1.54) is 30.0 Å². The minimum Gasteiger partial charge on any atom is -0.352 e. The van der Waals surface area contributed by atoms with Crippen molar-refractivity contribution in [2.24, 2.45) is 0 Å². The van der Waals surface area contributed by atoms with Crippen molar-refractivity contribution in [1.82, 2.24) is 25.2 Å². The number of imidazole rings is 1. The molecule has 2 heterocycles. The molecule has 12 heteroatoms. The van der Waals surface area contributed by atoms with Crippen molar-refractivity contribution >= 4 is 17.5 Å². The highest BCUT2D eigenvalue weighted by Gasteiger charge is 2.30. The number of aryl methyl sites for hydroxylation is 1. The van der Waals surface area contributed by atoms with Crippen LogP contribution in [0.15, 0.2) is 42.7 Å². The average molecular weight is 596 g/mol. The molecule has 0 spiro atoms. The van der Waals surface area contributed by atoms with Crippen LogP contribution in [0, 0.1) is 0 Å². The summed E-state index contributed by atoms with van der Waals surface area (Å²) in [5.74, 6) is -3.20. The Balaban J connectivity index is 0.000000364. The zero-order valence-corrected chi connectivity index (χ0v) is 23.8. The SMILES string of the molecule is C1CC1.CCc1ccccc1C(=O)NCc1cn2ncc(CNC(=O)CCC(F)(F)F)cc2n1.FC1(F)CCCCC1. The molecular weight excluding hydrogens is 557 g/mol. The lowest BCUT2D eigenvalue weighted by Gasteiger charge is -2.20. The fourth-order valence-corrected chi connectivity index (χ4v) is 4.08. The second-order valence-corrected chi connectivity index (χ2v) is 10.5. The Labute approximate surface area is 242 Å². The molecule has 2 N–H and O–H groups in total. The highest BCUT2D eigenvalue weighted by molar-refractivity contribution is 5.95. The third kappa shape index (κ3) is 12.1. The molecule has 2 fully saturated rings. The van der Waals surface area contributed by atoms with E-state index in [0.717, 1.165) is 18.4 Å². The zero-order chi connectivity index (χ0) is 30.6. The predicted molar refractivity (Wildman–Crippen MR) is 149 cm³/mol. The molecule has 7 nitrogen and oxygen atoms in total. The highest BCUT2D eigenvalue weighted by Crippen LogP contribution is 2.32. The molecule has 230 valence electrons. The van der Waals surface area contributed by atoms with Crippen LogP contribution in [0.5, 0.6) is 0 Å². The number of aromatic nitrogens is 3. The van der Waals surface area contributed by atoms with Crippen LogP contribution in [0.1, 0.15) is 98.3 Å². The van der Waals surface area contributed by atoms with Crippen molar-refractivity contribution in [2.75, 3.05) is 0 Å². The molecule has 0 bridgehead atoms. The first-order chi connectivity index (χ1) is 20.0. The predicted octanol–water partition coefficient (Wildman–Crippen LogP) is 6.94. The van der Waals surface area contributed by atoms with Gasteiger partial charge in [0.25, 0.3) is 5.91 Å². The maximum absolute atomic E-state index is 12.5. The van der Waals surface area contributed by atoms with E-state index in [4.69, 9.17) is 0 Å². The molecule has 0 aliphatic heterocycles. The summed E-state index contributed by atoms with van der Waals surface area (Å²) in [4.78, 5) is 28.4. The van der Waals surface area contributed by atoms with Gasteiger partial charge in [-0.05, 0) is 42.5 Å². The molecule has 0 saturated heterocycles. The monoisotopic (exact) mass is 595 g/mol. The van der Waals surface area contributed by atoms with Crippen LogP contribution in [0.2, 0.25) is 0 Å². The van der Waals surface area contributed by atoms with Gasteiger partial charge < -0.3 is 10.6 Å². The van der Waals surface area contributed by atoms with Crippen LogP contribution < -0.4 is 10.6 Å². The number of rotatable bonds is 8. The number of hydrogen-bond donors (Lipinski definition) is 2. The molecule has 0 radical (unpaired) electrons. The number of amides is 2. The molecule has 3 aromatic rings. The molecule has 0 unspecified atom stereocenters. The summed E-state index contributed by atoms with van der Waals surface area (Å²) >= 11 is 0. The molecule has 1 aromatic carbocycles. The smallest absolute Gasteiger partial charge is 0.352 e. The fourth-order valence-electron chi connectivity index (χ4n) is 4.08. The van der Waals surface area contributed by atoms with Gasteiger partial charge in [-0.25, -0.2) is 18.3 Å². The van der Waals surface area contributed by atoms with Gasteiger partial charge in [-0.15, -0.1) is 0 Å². The van der Waals surface area contributed by atoms with E-state index in [1.54, 1.807) is 18.3 Å². The van der Waals surface area contributed by atoms with Gasteiger partial charge >= 0.3 is 6.18 Å². The summed E-state index contributed by atoms with van der Waals surface area (Å²) in [5.41, 5.74) is 3.28. The maximum Gasteiger partial charge on any atom is 0.389 e. The Morgan fingerprint density at radius 2 is 1.64 bits per heavy atom. The first-order valence-corrected chi connectivity index (χ1v) is 14.4. The second kappa shape index (κ2) is 15.6. The Hall–Kier alpha value is -3.57. The lowest BCUT2D eigenvalue weighted by atomic mass is 9.97. The lowest BCUT2D eigenvalue weighted by Crippen LogP contribution is -2.24. The van der Waals surface area contributed by atoms with Crippen LogP contribution in [-0.2, 0) is 24.3 Å². The van der Waals surface area contributed by atoms with Crippen molar-refractivity contribution in [3.8, 4) is 0 Å².